The Kier molecular flexibility index (Phi) is 2.15. The fraction of sp³-hybridized carbons (Fsp3) is 0. The van der Waals surface area contributed by atoms with Gasteiger partial charge in [0, 0.05) is 28.7 Å². The van der Waals surface area contributed by atoms with Crippen LogP contribution in [0.3, 0.4) is 0 Å². The van der Waals surface area contributed by atoms with E-state index in [4.69, 9.17) is 4.42 Å². The summed E-state index contributed by atoms with van der Waals surface area (Å²) in [6.45, 7) is 0. The summed E-state index contributed by atoms with van der Waals surface area (Å²) >= 11 is 0. The van der Waals surface area contributed by atoms with Crippen LogP contribution in [0.15, 0.2) is 65.3 Å². The number of hydrogen-bond acceptors (Lipinski definition) is 2. The van der Waals surface area contributed by atoms with Crippen molar-refractivity contribution in [3.8, 4) is 11.1 Å². The Bertz CT molecular complexity index is 862. The molecule has 19 heavy (non-hydrogen) atoms. The minimum atomic E-state index is 0.894. The Morgan fingerprint density at radius 1 is 1.00 bits per heavy atom. The minimum Gasteiger partial charge on any atom is -0.456 e. The van der Waals surface area contributed by atoms with E-state index in [0.29, 0.717) is 0 Å². The average molecular weight is 244 g/mol. The van der Waals surface area contributed by atoms with Crippen LogP contribution in [-0.2, 0) is 0 Å². The first-order valence-electron chi connectivity index (χ1n) is 6.15. The third kappa shape index (κ3) is 1.54. The molecule has 0 bridgehead atoms. The normalized spacial score (nSPS) is 11.2. The molecule has 2 nitrogen and oxygen atoms in total. The van der Waals surface area contributed by atoms with Crippen molar-refractivity contribution in [3.63, 3.8) is 0 Å². The summed E-state index contributed by atoms with van der Waals surface area (Å²) in [5, 5.41) is 2.22. The van der Waals surface area contributed by atoms with E-state index in [2.05, 4.69) is 23.2 Å². The molecular weight excluding hydrogens is 234 g/mol. The van der Waals surface area contributed by atoms with Gasteiger partial charge in [-0.3, -0.25) is 4.98 Å². The SMILES string of the molecule is [c]1ccc2oc3cccc(-c4cccnc4)c3c2c1. The molecule has 0 saturated carbocycles. The molecule has 0 unspecified atom stereocenters. The molecule has 4 aromatic rings. The standard InChI is InChI=1S/C17H10NO/c1-2-8-15-14(6-1)17-13(7-3-9-16(17)19-15)12-5-4-10-18-11-12/h2-11H. The van der Waals surface area contributed by atoms with Crippen molar-refractivity contribution in [1.29, 1.82) is 0 Å². The summed E-state index contributed by atoms with van der Waals surface area (Å²) in [6.07, 6.45) is 3.66. The Morgan fingerprint density at radius 2 is 2.00 bits per heavy atom. The van der Waals surface area contributed by atoms with Gasteiger partial charge < -0.3 is 4.42 Å². The van der Waals surface area contributed by atoms with E-state index in [1.807, 2.05) is 42.6 Å². The monoisotopic (exact) mass is 244 g/mol. The van der Waals surface area contributed by atoms with Gasteiger partial charge in [0.2, 0.25) is 0 Å². The molecule has 0 fully saturated rings. The topological polar surface area (TPSA) is 26.0 Å². The smallest absolute Gasteiger partial charge is 0.136 e. The fourth-order valence-corrected chi connectivity index (χ4v) is 2.48. The molecule has 0 amide bonds. The second-order valence-electron chi connectivity index (χ2n) is 4.44. The molecule has 0 aliphatic carbocycles. The molecule has 0 N–H and O–H groups in total. The van der Waals surface area contributed by atoms with Crippen LogP contribution in [0.2, 0.25) is 0 Å². The lowest BCUT2D eigenvalue weighted by atomic mass is 10.0. The van der Waals surface area contributed by atoms with E-state index < -0.39 is 0 Å². The maximum atomic E-state index is 5.87. The molecule has 0 aliphatic rings. The maximum absolute atomic E-state index is 5.87. The van der Waals surface area contributed by atoms with E-state index in [1.54, 1.807) is 6.20 Å². The Morgan fingerprint density at radius 3 is 2.89 bits per heavy atom. The number of hydrogen-bond donors (Lipinski definition) is 0. The predicted octanol–water partition coefficient (Wildman–Crippen LogP) is 4.45. The van der Waals surface area contributed by atoms with Gasteiger partial charge in [-0.2, -0.15) is 0 Å². The summed E-state index contributed by atoms with van der Waals surface area (Å²) in [6, 6.07) is 19.0. The molecule has 2 aromatic heterocycles. The quantitative estimate of drug-likeness (QED) is 0.494. The van der Waals surface area contributed by atoms with Crippen molar-refractivity contribution in [2.75, 3.05) is 0 Å². The van der Waals surface area contributed by atoms with Gasteiger partial charge in [-0.05, 0) is 35.9 Å². The van der Waals surface area contributed by atoms with Crippen molar-refractivity contribution in [1.82, 2.24) is 4.98 Å². The van der Waals surface area contributed by atoms with Crippen molar-refractivity contribution < 1.29 is 4.42 Å². The minimum absolute atomic E-state index is 0.894. The first kappa shape index (κ1) is 10.3. The lowest BCUT2D eigenvalue weighted by Gasteiger charge is -2.02. The Balaban J connectivity index is 2.17. The summed E-state index contributed by atoms with van der Waals surface area (Å²) in [7, 11) is 0. The number of nitrogens with zero attached hydrogens (tertiary/aromatic N) is 1. The third-order valence-electron chi connectivity index (χ3n) is 3.31. The number of pyridine rings is 1. The van der Waals surface area contributed by atoms with Gasteiger partial charge in [-0.25, -0.2) is 0 Å². The number of furan rings is 1. The first-order valence-corrected chi connectivity index (χ1v) is 6.15. The van der Waals surface area contributed by atoms with E-state index in [-0.39, 0.29) is 0 Å². The van der Waals surface area contributed by atoms with E-state index in [9.17, 15) is 0 Å². The van der Waals surface area contributed by atoms with Crippen LogP contribution in [0.1, 0.15) is 0 Å². The molecule has 0 spiro atoms. The number of rotatable bonds is 1. The van der Waals surface area contributed by atoms with Crippen molar-refractivity contribution in [2.45, 2.75) is 0 Å². The molecule has 0 aliphatic heterocycles. The molecule has 0 atom stereocenters. The fourth-order valence-electron chi connectivity index (χ4n) is 2.48. The van der Waals surface area contributed by atoms with Gasteiger partial charge in [-0.15, -0.1) is 0 Å². The molecule has 4 rings (SSSR count). The van der Waals surface area contributed by atoms with Gasteiger partial charge in [-0.1, -0.05) is 24.3 Å². The number of fused-ring (bicyclic) bond motifs is 3. The third-order valence-corrected chi connectivity index (χ3v) is 3.31. The van der Waals surface area contributed by atoms with E-state index in [0.717, 1.165) is 33.1 Å². The molecule has 2 heteroatoms. The zero-order valence-corrected chi connectivity index (χ0v) is 10.1. The van der Waals surface area contributed by atoms with Crippen molar-refractivity contribution in [3.05, 3.63) is 67.0 Å². The van der Waals surface area contributed by atoms with Crippen LogP contribution in [-0.4, -0.2) is 4.98 Å². The van der Waals surface area contributed by atoms with Crippen LogP contribution < -0.4 is 0 Å². The largest absolute Gasteiger partial charge is 0.456 e. The van der Waals surface area contributed by atoms with Gasteiger partial charge in [0.15, 0.2) is 0 Å². The zero-order chi connectivity index (χ0) is 12.7. The molecule has 2 aromatic carbocycles. The second-order valence-corrected chi connectivity index (χ2v) is 4.44. The highest BCUT2D eigenvalue weighted by atomic mass is 16.3. The first-order chi connectivity index (χ1) is 9.43. The van der Waals surface area contributed by atoms with Gasteiger partial charge in [0.1, 0.15) is 11.2 Å². The molecule has 2 heterocycles. The van der Waals surface area contributed by atoms with Gasteiger partial charge >= 0.3 is 0 Å². The number of aromatic nitrogens is 1. The highest BCUT2D eigenvalue weighted by Crippen LogP contribution is 2.35. The van der Waals surface area contributed by atoms with E-state index in [1.165, 1.54) is 0 Å². The Labute approximate surface area is 110 Å². The summed E-state index contributed by atoms with van der Waals surface area (Å²) in [5.41, 5.74) is 4.03. The van der Waals surface area contributed by atoms with Crippen LogP contribution in [0.25, 0.3) is 33.1 Å². The zero-order valence-electron chi connectivity index (χ0n) is 10.1. The van der Waals surface area contributed by atoms with Gasteiger partial charge in [0.25, 0.3) is 0 Å². The van der Waals surface area contributed by atoms with E-state index >= 15 is 0 Å². The van der Waals surface area contributed by atoms with Crippen LogP contribution in [0, 0.1) is 6.07 Å². The van der Waals surface area contributed by atoms with Crippen LogP contribution >= 0.6 is 0 Å². The average Bonchev–Trinajstić information content (AvgIpc) is 2.86. The van der Waals surface area contributed by atoms with Crippen molar-refractivity contribution >= 4 is 21.9 Å². The highest BCUT2D eigenvalue weighted by Gasteiger charge is 2.11. The van der Waals surface area contributed by atoms with Crippen LogP contribution in [0.4, 0.5) is 0 Å². The summed E-state index contributed by atoms with van der Waals surface area (Å²) < 4.78 is 5.87. The van der Waals surface area contributed by atoms with Gasteiger partial charge in [0.05, 0.1) is 0 Å². The second kappa shape index (κ2) is 3.95. The van der Waals surface area contributed by atoms with Crippen molar-refractivity contribution in [2.24, 2.45) is 0 Å². The molecular formula is C17H10NO. The Hall–Kier alpha value is -2.61. The lowest BCUT2D eigenvalue weighted by Crippen LogP contribution is -1.80. The van der Waals surface area contributed by atoms with Crippen LogP contribution in [0.5, 0.6) is 0 Å². The molecule has 89 valence electrons. The number of benzene rings is 2. The maximum Gasteiger partial charge on any atom is 0.136 e. The summed E-state index contributed by atoms with van der Waals surface area (Å²) in [5.74, 6) is 0. The highest BCUT2D eigenvalue weighted by molar-refractivity contribution is 6.12. The summed E-state index contributed by atoms with van der Waals surface area (Å²) in [4.78, 5) is 4.19. The predicted molar refractivity (Wildman–Crippen MR) is 75.8 cm³/mol. The lowest BCUT2D eigenvalue weighted by molar-refractivity contribution is 0.669. The molecule has 0 saturated heterocycles. The molecule has 1 radical (unpaired) electrons.